The van der Waals surface area contributed by atoms with E-state index >= 15 is 0 Å². The van der Waals surface area contributed by atoms with E-state index in [2.05, 4.69) is 55.4 Å². The van der Waals surface area contributed by atoms with E-state index in [1.807, 2.05) is 0 Å². The van der Waals surface area contributed by atoms with Gasteiger partial charge in [0, 0.05) is 12.6 Å². The first-order valence-electron chi connectivity index (χ1n) is 8.17. The third-order valence-electron chi connectivity index (χ3n) is 4.38. The molecule has 1 aromatic carbocycles. The average Bonchev–Trinajstić information content (AvgIpc) is 3.27. The molecule has 1 N–H and O–H groups in total. The molecule has 2 heteroatoms. The van der Waals surface area contributed by atoms with Crippen molar-refractivity contribution in [3.63, 3.8) is 0 Å². The van der Waals surface area contributed by atoms with Gasteiger partial charge < -0.3 is 10.2 Å². The molecule has 0 heterocycles. The van der Waals surface area contributed by atoms with Crippen molar-refractivity contribution < 1.29 is 0 Å². The van der Waals surface area contributed by atoms with Crippen molar-refractivity contribution in [3.8, 4) is 0 Å². The van der Waals surface area contributed by atoms with Crippen molar-refractivity contribution in [1.29, 1.82) is 0 Å². The second-order valence-corrected chi connectivity index (χ2v) is 6.43. The molecule has 1 aliphatic carbocycles. The minimum Gasteiger partial charge on any atom is -0.313 e. The summed E-state index contributed by atoms with van der Waals surface area (Å²) in [6, 6.07) is 9.60. The molecule has 1 aliphatic rings. The molecule has 2 rings (SSSR count). The molecule has 1 saturated carbocycles. The van der Waals surface area contributed by atoms with Gasteiger partial charge in [0.2, 0.25) is 0 Å². The number of unbranched alkanes of at least 4 members (excludes halogenated alkanes) is 1. The predicted molar refractivity (Wildman–Crippen MR) is 87.1 cm³/mol. The Kier molecular flexibility index (Phi) is 6.06. The van der Waals surface area contributed by atoms with Crippen LogP contribution in [0.4, 0.5) is 0 Å². The first-order chi connectivity index (χ1) is 9.68. The van der Waals surface area contributed by atoms with Crippen LogP contribution in [-0.2, 0) is 6.54 Å². The fourth-order valence-electron chi connectivity index (χ4n) is 2.58. The van der Waals surface area contributed by atoms with Gasteiger partial charge in [0.1, 0.15) is 0 Å². The second kappa shape index (κ2) is 7.80. The maximum Gasteiger partial charge on any atom is 0.0208 e. The third kappa shape index (κ3) is 4.92. The Hall–Kier alpha value is -0.860. The topological polar surface area (TPSA) is 15.3 Å². The van der Waals surface area contributed by atoms with E-state index in [4.69, 9.17) is 0 Å². The van der Waals surface area contributed by atoms with E-state index in [1.165, 1.54) is 37.8 Å². The Labute approximate surface area is 124 Å². The summed E-state index contributed by atoms with van der Waals surface area (Å²) in [5.74, 6) is 0.854. The van der Waals surface area contributed by atoms with Gasteiger partial charge in [-0.05, 0) is 76.7 Å². The lowest BCUT2D eigenvalue weighted by Gasteiger charge is -2.20. The van der Waals surface area contributed by atoms with Crippen LogP contribution in [0.5, 0.6) is 0 Å². The van der Waals surface area contributed by atoms with Gasteiger partial charge in [-0.1, -0.05) is 24.3 Å². The first-order valence-corrected chi connectivity index (χ1v) is 8.17. The van der Waals surface area contributed by atoms with E-state index < -0.39 is 0 Å². The molecule has 0 radical (unpaired) electrons. The second-order valence-electron chi connectivity index (χ2n) is 6.43. The van der Waals surface area contributed by atoms with Crippen molar-refractivity contribution in [3.05, 3.63) is 35.4 Å². The molecule has 0 aliphatic heterocycles. The fraction of sp³-hybridized carbons (Fsp3) is 0.667. The summed E-state index contributed by atoms with van der Waals surface area (Å²) in [6.07, 6.45) is 5.33. The van der Waals surface area contributed by atoms with Crippen molar-refractivity contribution >= 4 is 0 Å². The zero-order valence-corrected chi connectivity index (χ0v) is 13.4. The van der Waals surface area contributed by atoms with Crippen LogP contribution in [0.15, 0.2) is 24.3 Å². The van der Waals surface area contributed by atoms with Crippen LogP contribution in [0.1, 0.15) is 56.6 Å². The van der Waals surface area contributed by atoms with Gasteiger partial charge in [-0.3, -0.25) is 0 Å². The molecule has 1 fully saturated rings. The third-order valence-corrected chi connectivity index (χ3v) is 4.38. The maximum atomic E-state index is 3.61. The molecular formula is C18H30N2. The number of hydrogen-bond acceptors (Lipinski definition) is 2. The quantitative estimate of drug-likeness (QED) is 0.690. The molecule has 0 bridgehead atoms. The molecule has 0 spiro atoms. The number of benzene rings is 1. The van der Waals surface area contributed by atoms with Gasteiger partial charge in [-0.2, -0.15) is 0 Å². The Morgan fingerprint density at radius 1 is 1.20 bits per heavy atom. The average molecular weight is 274 g/mol. The van der Waals surface area contributed by atoms with E-state index in [-0.39, 0.29) is 0 Å². The minimum atomic E-state index is 0.661. The molecule has 20 heavy (non-hydrogen) atoms. The zero-order valence-electron chi connectivity index (χ0n) is 13.4. The zero-order chi connectivity index (χ0) is 14.4. The van der Waals surface area contributed by atoms with E-state index in [0.29, 0.717) is 6.04 Å². The summed E-state index contributed by atoms with van der Waals surface area (Å²) in [4.78, 5) is 2.42. The van der Waals surface area contributed by atoms with Crippen molar-refractivity contribution in [2.75, 3.05) is 20.1 Å². The molecule has 2 nitrogen and oxygen atoms in total. The summed E-state index contributed by atoms with van der Waals surface area (Å²) in [5, 5.41) is 3.61. The van der Waals surface area contributed by atoms with Gasteiger partial charge in [-0.15, -0.1) is 0 Å². The van der Waals surface area contributed by atoms with Crippen molar-refractivity contribution in [2.45, 2.75) is 58.0 Å². The van der Waals surface area contributed by atoms with Crippen LogP contribution in [0.25, 0.3) is 0 Å². The van der Waals surface area contributed by atoms with E-state index in [9.17, 15) is 0 Å². The van der Waals surface area contributed by atoms with E-state index in [0.717, 1.165) is 19.0 Å². The normalized spacial score (nSPS) is 15.2. The maximum absolute atomic E-state index is 3.61. The van der Waals surface area contributed by atoms with Gasteiger partial charge >= 0.3 is 0 Å². The van der Waals surface area contributed by atoms with Gasteiger partial charge in [0.15, 0.2) is 0 Å². The van der Waals surface area contributed by atoms with Gasteiger partial charge in [0.25, 0.3) is 0 Å². The van der Waals surface area contributed by atoms with Crippen molar-refractivity contribution in [1.82, 2.24) is 10.2 Å². The largest absolute Gasteiger partial charge is 0.313 e. The molecule has 112 valence electrons. The highest BCUT2D eigenvalue weighted by Gasteiger charge is 2.25. The highest BCUT2D eigenvalue weighted by Crippen LogP contribution is 2.41. The van der Waals surface area contributed by atoms with Crippen LogP contribution >= 0.6 is 0 Å². The predicted octanol–water partition coefficient (Wildman–Crippen LogP) is 3.77. The smallest absolute Gasteiger partial charge is 0.0208 e. The fourth-order valence-corrected chi connectivity index (χ4v) is 2.58. The lowest BCUT2D eigenvalue weighted by atomic mass is 10.0. The highest BCUT2D eigenvalue weighted by atomic mass is 15.1. The summed E-state index contributed by atoms with van der Waals surface area (Å²) in [6.45, 7) is 7.88. The minimum absolute atomic E-state index is 0.661. The standard InChI is InChI=1S/C18H30N2/c1-15(2)20(3)13-7-6-12-19-14-17-8-4-5-9-18(17)16-10-11-16/h4-5,8-9,15-16,19H,6-7,10-14H2,1-3H3. The molecule has 0 saturated heterocycles. The Bertz CT molecular complexity index is 396. The lowest BCUT2D eigenvalue weighted by Crippen LogP contribution is -2.27. The van der Waals surface area contributed by atoms with Gasteiger partial charge in [-0.25, -0.2) is 0 Å². The van der Waals surface area contributed by atoms with Crippen LogP contribution in [0, 0.1) is 0 Å². The van der Waals surface area contributed by atoms with Crippen LogP contribution in [0.2, 0.25) is 0 Å². The van der Waals surface area contributed by atoms with E-state index in [1.54, 1.807) is 5.56 Å². The lowest BCUT2D eigenvalue weighted by molar-refractivity contribution is 0.268. The van der Waals surface area contributed by atoms with Crippen LogP contribution < -0.4 is 5.32 Å². The van der Waals surface area contributed by atoms with Crippen LogP contribution in [0.3, 0.4) is 0 Å². The number of nitrogens with zero attached hydrogens (tertiary/aromatic N) is 1. The SMILES string of the molecule is CC(C)N(C)CCCCNCc1ccccc1C1CC1. The highest BCUT2D eigenvalue weighted by molar-refractivity contribution is 5.33. The number of rotatable bonds is 9. The summed E-state index contributed by atoms with van der Waals surface area (Å²) in [5.41, 5.74) is 3.09. The van der Waals surface area contributed by atoms with Crippen molar-refractivity contribution in [2.24, 2.45) is 0 Å². The Balaban J connectivity index is 1.62. The molecule has 1 aromatic rings. The Morgan fingerprint density at radius 3 is 2.65 bits per heavy atom. The summed E-state index contributed by atoms with van der Waals surface area (Å²) < 4.78 is 0. The number of hydrogen-bond donors (Lipinski definition) is 1. The molecule has 0 aromatic heterocycles. The molecule has 0 atom stereocenters. The molecule has 0 unspecified atom stereocenters. The summed E-state index contributed by atoms with van der Waals surface area (Å²) >= 11 is 0. The van der Waals surface area contributed by atoms with Crippen LogP contribution in [-0.4, -0.2) is 31.1 Å². The Morgan fingerprint density at radius 2 is 1.95 bits per heavy atom. The first kappa shape index (κ1) is 15.5. The molecule has 0 amide bonds. The monoisotopic (exact) mass is 274 g/mol. The number of nitrogens with one attached hydrogen (secondary N) is 1. The molecular weight excluding hydrogens is 244 g/mol. The summed E-state index contributed by atoms with van der Waals surface area (Å²) in [7, 11) is 2.21. The van der Waals surface area contributed by atoms with Gasteiger partial charge in [0.05, 0.1) is 0 Å².